The van der Waals surface area contributed by atoms with Gasteiger partial charge in [-0.3, -0.25) is 0 Å². The van der Waals surface area contributed by atoms with Crippen molar-refractivity contribution >= 4 is 17.2 Å². The minimum Gasteiger partial charge on any atom is -0.391 e. The second kappa shape index (κ2) is 4.69. The Morgan fingerprint density at radius 2 is 2.21 bits per heavy atom. The average Bonchev–Trinajstić information content (AvgIpc) is 2.19. The lowest BCUT2D eigenvalue weighted by molar-refractivity contribution is 0.996. The fourth-order valence-corrected chi connectivity index (χ4v) is 1.32. The van der Waals surface area contributed by atoms with E-state index in [0.29, 0.717) is 10.6 Å². The monoisotopic (exact) mass is 206 g/mol. The molecule has 0 aliphatic rings. The van der Waals surface area contributed by atoms with E-state index in [1.165, 1.54) is 0 Å². The standard InChI is InChI=1S/C11H11ClN2/c1-8(14-2)11(7-13)9-4-3-5-10(12)6-9/h3-6,14H,1-2H3. The van der Waals surface area contributed by atoms with E-state index in [0.717, 1.165) is 11.3 Å². The lowest BCUT2D eigenvalue weighted by atomic mass is 10.1. The van der Waals surface area contributed by atoms with Gasteiger partial charge in [-0.1, -0.05) is 23.7 Å². The van der Waals surface area contributed by atoms with E-state index >= 15 is 0 Å². The summed E-state index contributed by atoms with van der Waals surface area (Å²) < 4.78 is 0. The second-order valence-corrected chi connectivity index (χ2v) is 3.31. The van der Waals surface area contributed by atoms with Crippen LogP contribution < -0.4 is 5.32 Å². The molecule has 0 atom stereocenters. The van der Waals surface area contributed by atoms with Gasteiger partial charge in [0.15, 0.2) is 0 Å². The molecule has 0 heterocycles. The molecule has 0 unspecified atom stereocenters. The Bertz CT molecular complexity index is 402. The van der Waals surface area contributed by atoms with Gasteiger partial charge < -0.3 is 5.32 Å². The normalized spacial score (nSPS) is 11.6. The van der Waals surface area contributed by atoms with Crippen molar-refractivity contribution < 1.29 is 0 Å². The van der Waals surface area contributed by atoms with Crippen molar-refractivity contribution in [2.24, 2.45) is 0 Å². The van der Waals surface area contributed by atoms with Gasteiger partial charge in [-0.2, -0.15) is 5.26 Å². The number of nitriles is 1. The highest BCUT2D eigenvalue weighted by Gasteiger charge is 2.04. The summed E-state index contributed by atoms with van der Waals surface area (Å²) in [6, 6.07) is 9.42. The van der Waals surface area contributed by atoms with Gasteiger partial charge in [0, 0.05) is 17.8 Å². The fraction of sp³-hybridized carbons (Fsp3) is 0.182. The van der Waals surface area contributed by atoms with Gasteiger partial charge in [-0.15, -0.1) is 0 Å². The summed E-state index contributed by atoms with van der Waals surface area (Å²) in [6.07, 6.45) is 0. The van der Waals surface area contributed by atoms with Crippen molar-refractivity contribution in [3.8, 4) is 6.07 Å². The summed E-state index contributed by atoms with van der Waals surface area (Å²) in [5, 5.41) is 12.6. The lowest BCUT2D eigenvalue weighted by Gasteiger charge is -2.05. The van der Waals surface area contributed by atoms with Gasteiger partial charge in [0.25, 0.3) is 0 Å². The summed E-state index contributed by atoms with van der Waals surface area (Å²) in [7, 11) is 1.79. The molecule has 72 valence electrons. The Morgan fingerprint density at radius 3 is 2.71 bits per heavy atom. The quantitative estimate of drug-likeness (QED) is 0.756. The number of hydrogen-bond acceptors (Lipinski definition) is 2. The molecular weight excluding hydrogens is 196 g/mol. The lowest BCUT2D eigenvalue weighted by Crippen LogP contribution is -2.04. The third-order valence-electron chi connectivity index (χ3n) is 1.98. The summed E-state index contributed by atoms with van der Waals surface area (Å²) >= 11 is 5.84. The van der Waals surface area contributed by atoms with Crippen LogP contribution in [-0.4, -0.2) is 7.05 Å². The molecule has 0 spiro atoms. The van der Waals surface area contributed by atoms with Crippen LogP contribution in [0.5, 0.6) is 0 Å². The van der Waals surface area contributed by atoms with Crippen LogP contribution in [0.3, 0.4) is 0 Å². The van der Waals surface area contributed by atoms with E-state index in [-0.39, 0.29) is 0 Å². The Balaban J connectivity index is 3.22. The molecular formula is C11H11ClN2. The van der Waals surface area contributed by atoms with Crippen molar-refractivity contribution in [1.82, 2.24) is 5.32 Å². The molecule has 1 N–H and O–H groups in total. The molecule has 0 amide bonds. The number of nitrogens with zero attached hydrogens (tertiary/aromatic N) is 1. The predicted molar refractivity (Wildman–Crippen MR) is 58.7 cm³/mol. The van der Waals surface area contributed by atoms with Gasteiger partial charge in [0.2, 0.25) is 0 Å². The van der Waals surface area contributed by atoms with E-state index in [4.69, 9.17) is 16.9 Å². The fourth-order valence-electron chi connectivity index (χ4n) is 1.13. The smallest absolute Gasteiger partial charge is 0.102 e. The maximum atomic E-state index is 8.98. The zero-order chi connectivity index (χ0) is 10.6. The first kappa shape index (κ1) is 10.6. The number of benzene rings is 1. The molecule has 0 aliphatic heterocycles. The molecule has 1 rings (SSSR count). The number of nitrogens with one attached hydrogen (secondary N) is 1. The number of hydrogen-bond donors (Lipinski definition) is 1. The van der Waals surface area contributed by atoms with Gasteiger partial charge in [0.1, 0.15) is 6.07 Å². The van der Waals surface area contributed by atoms with Crippen LogP contribution in [0.4, 0.5) is 0 Å². The van der Waals surface area contributed by atoms with E-state index < -0.39 is 0 Å². The van der Waals surface area contributed by atoms with Crippen LogP contribution in [0.25, 0.3) is 5.57 Å². The highest BCUT2D eigenvalue weighted by molar-refractivity contribution is 6.30. The van der Waals surface area contributed by atoms with Crippen LogP contribution in [0.2, 0.25) is 5.02 Å². The van der Waals surface area contributed by atoms with Crippen molar-refractivity contribution in [3.63, 3.8) is 0 Å². The van der Waals surface area contributed by atoms with Gasteiger partial charge in [-0.05, 0) is 24.6 Å². The summed E-state index contributed by atoms with van der Waals surface area (Å²) in [6.45, 7) is 1.86. The largest absolute Gasteiger partial charge is 0.391 e. The minimum atomic E-state index is 0.620. The predicted octanol–water partition coefficient (Wildman–Crippen LogP) is 2.81. The SMILES string of the molecule is CNC(C)=C(C#N)c1cccc(Cl)c1. The van der Waals surface area contributed by atoms with Crippen LogP contribution in [0.15, 0.2) is 30.0 Å². The first-order chi connectivity index (χ1) is 6.69. The molecule has 0 saturated heterocycles. The van der Waals surface area contributed by atoms with Crippen molar-refractivity contribution in [2.75, 3.05) is 7.05 Å². The maximum absolute atomic E-state index is 8.98. The molecule has 0 bridgehead atoms. The minimum absolute atomic E-state index is 0.620. The summed E-state index contributed by atoms with van der Waals surface area (Å²) in [5.41, 5.74) is 2.30. The maximum Gasteiger partial charge on any atom is 0.102 e. The van der Waals surface area contributed by atoms with Gasteiger partial charge in [0.05, 0.1) is 5.57 Å². The summed E-state index contributed by atoms with van der Waals surface area (Å²) in [5.74, 6) is 0. The number of halogens is 1. The van der Waals surface area contributed by atoms with Crippen LogP contribution in [-0.2, 0) is 0 Å². The third-order valence-corrected chi connectivity index (χ3v) is 2.21. The first-order valence-electron chi connectivity index (χ1n) is 4.23. The first-order valence-corrected chi connectivity index (χ1v) is 4.61. The Labute approximate surface area is 88.8 Å². The number of rotatable bonds is 2. The van der Waals surface area contributed by atoms with Gasteiger partial charge in [-0.25, -0.2) is 0 Å². The highest BCUT2D eigenvalue weighted by Crippen LogP contribution is 2.20. The summed E-state index contributed by atoms with van der Waals surface area (Å²) in [4.78, 5) is 0. The van der Waals surface area contributed by atoms with Crippen LogP contribution in [0, 0.1) is 11.3 Å². The molecule has 0 fully saturated rings. The van der Waals surface area contributed by atoms with Crippen molar-refractivity contribution in [1.29, 1.82) is 5.26 Å². The van der Waals surface area contributed by atoms with E-state index in [9.17, 15) is 0 Å². The van der Waals surface area contributed by atoms with E-state index in [1.807, 2.05) is 19.1 Å². The molecule has 1 aromatic rings. The van der Waals surface area contributed by atoms with Crippen LogP contribution in [0.1, 0.15) is 12.5 Å². The van der Waals surface area contributed by atoms with Gasteiger partial charge >= 0.3 is 0 Å². The van der Waals surface area contributed by atoms with Crippen molar-refractivity contribution in [3.05, 3.63) is 40.5 Å². The molecule has 0 saturated carbocycles. The Kier molecular flexibility index (Phi) is 3.55. The molecule has 3 heteroatoms. The molecule has 0 radical (unpaired) electrons. The van der Waals surface area contributed by atoms with E-state index in [2.05, 4.69) is 11.4 Å². The Hall–Kier alpha value is -1.46. The molecule has 1 aromatic carbocycles. The molecule has 14 heavy (non-hydrogen) atoms. The average molecular weight is 207 g/mol. The Morgan fingerprint density at radius 1 is 1.50 bits per heavy atom. The van der Waals surface area contributed by atoms with Crippen molar-refractivity contribution in [2.45, 2.75) is 6.92 Å². The zero-order valence-electron chi connectivity index (χ0n) is 8.13. The number of allylic oxidation sites excluding steroid dienone is 2. The molecule has 0 aliphatic carbocycles. The van der Waals surface area contributed by atoms with Crippen LogP contribution >= 0.6 is 11.6 Å². The third kappa shape index (κ3) is 2.27. The molecule has 0 aromatic heterocycles. The molecule has 2 nitrogen and oxygen atoms in total. The highest BCUT2D eigenvalue weighted by atomic mass is 35.5. The van der Waals surface area contributed by atoms with E-state index in [1.54, 1.807) is 19.2 Å². The zero-order valence-corrected chi connectivity index (χ0v) is 8.89. The topological polar surface area (TPSA) is 35.8 Å². The second-order valence-electron chi connectivity index (χ2n) is 2.87.